The van der Waals surface area contributed by atoms with Gasteiger partial charge in [0.2, 0.25) is 0 Å². The fraction of sp³-hybridized carbons (Fsp3) is 0.588. The van der Waals surface area contributed by atoms with E-state index in [0.717, 1.165) is 43.7 Å². The predicted molar refractivity (Wildman–Crippen MR) is 85.5 cm³/mol. The Morgan fingerprint density at radius 1 is 1.38 bits per heavy atom. The van der Waals surface area contributed by atoms with Crippen molar-refractivity contribution >= 4 is 0 Å². The molecule has 0 saturated carbocycles. The fourth-order valence-corrected chi connectivity index (χ4v) is 2.79. The topological polar surface area (TPSA) is 43.0 Å². The molecule has 4 nitrogen and oxygen atoms in total. The van der Waals surface area contributed by atoms with Crippen LogP contribution in [0.5, 0.6) is 0 Å². The van der Waals surface area contributed by atoms with Crippen molar-refractivity contribution in [1.82, 2.24) is 15.1 Å². The molecule has 0 aliphatic heterocycles. The van der Waals surface area contributed by atoms with Crippen molar-refractivity contribution < 1.29 is 4.42 Å². The summed E-state index contributed by atoms with van der Waals surface area (Å²) in [4.78, 5) is 0. The average molecular weight is 289 g/mol. The first-order valence-electron chi connectivity index (χ1n) is 7.86. The highest BCUT2D eigenvalue weighted by Crippen LogP contribution is 2.16. The SMILES string of the molecule is CCCNC(CCc1c(C)nn(C)c1C)Cc1ccco1. The zero-order valence-corrected chi connectivity index (χ0v) is 13.6. The lowest BCUT2D eigenvalue weighted by molar-refractivity contribution is 0.423. The van der Waals surface area contributed by atoms with Crippen LogP contribution >= 0.6 is 0 Å². The lowest BCUT2D eigenvalue weighted by atomic mass is 10.0. The molecule has 0 radical (unpaired) electrons. The van der Waals surface area contributed by atoms with Crippen LogP contribution in [-0.4, -0.2) is 22.4 Å². The number of hydrogen-bond donors (Lipinski definition) is 1. The van der Waals surface area contributed by atoms with Gasteiger partial charge in [-0.15, -0.1) is 0 Å². The molecule has 21 heavy (non-hydrogen) atoms. The minimum atomic E-state index is 0.454. The van der Waals surface area contributed by atoms with E-state index in [1.54, 1.807) is 6.26 Å². The number of rotatable bonds is 8. The van der Waals surface area contributed by atoms with Gasteiger partial charge in [-0.2, -0.15) is 5.10 Å². The first kappa shape index (κ1) is 15.8. The number of nitrogens with one attached hydrogen (secondary N) is 1. The molecule has 2 heterocycles. The fourth-order valence-electron chi connectivity index (χ4n) is 2.79. The zero-order chi connectivity index (χ0) is 15.2. The molecular formula is C17H27N3O. The molecule has 2 aromatic heterocycles. The largest absolute Gasteiger partial charge is 0.469 e. The Kier molecular flexibility index (Phi) is 5.62. The smallest absolute Gasteiger partial charge is 0.105 e. The molecule has 0 amide bonds. The van der Waals surface area contributed by atoms with Crippen LogP contribution in [0.15, 0.2) is 22.8 Å². The molecule has 116 valence electrons. The maximum absolute atomic E-state index is 5.49. The van der Waals surface area contributed by atoms with Gasteiger partial charge in [0.05, 0.1) is 12.0 Å². The summed E-state index contributed by atoms with van der Waals surface area (Å²) >= 11 is 0. The summed E-state index contributed by atoms with van der Waals surface area (Å²) in [7, 11) is 2.02. The van der Waals surface area contributed by atoms with Crippen LogP contribution in [0.3, 0.4) is 0 Å². The van der Waals surface area contributed by atoms with Crippen molar-refractivity contribution in [3.05, 3.63) is 41.1 Å². The maximum atomic E-state index is 5.49. The van der Waals surface area contributed by atoms with Gasteiger partial charge in [-0.3, -0.25) is 4.68 Å². The van der Waals surface area contributed by atoms with Crippen LogP contribution in [0, 0.1) is 13.8 Å². The second-order valence-electron chi connectivity index (χ2n) is 5.75. The van der Waals surface area contributed by atoms with Crippen LogP contribution in [-0.2, 0) is 19.9 Å². The molecule has 2 aromatic rings. The predicted octanol–water partition coefficient (Wildman–Crippen LogP) is 3.17. The summed E-state index contributed by atoms with van der Waals surface area (Å²) < 4.78 is 7.47. The van der Waals surface area contributed by atoms with Crippen molar-refractivity contribution in [1.29, 1.82) is 0 Å². The molecule has 1 atom stereocenters. The van der Waals surface area contributed by atoms with Crippen molar-refractivity contribution in [2.75, 3.05) is 6.54 Å². The summed E-state index contributed by atoms with van der Waals surface area (Å²) in [5.41, 5.74) is 3.82. The van der Waals surface area contributed by atoms with E-state index in [9.17, 15) is 0 Å². The number of nitrogens with zero attached hydrogens (tertiary/aromatic N) is 2. The highest BCUT2D eigenvalue weighted by molar-refractivity contribution is 5.24. The summed E-state index contributed by atoms with van der Waals surface area (Å²) in [5.74, 6) is 1.06. The van der Waals surface area contributed by atoms with Crippen LogP contribution in [0.1, 0.15) is 42.5 Å². The molecule has 2 rings (SSSR count). The molecule has 0 saturated heterocycles. The Morgan fingerprint density at radius 3 is 2.76 bits per heavy atom. The molecule has 0 spiro atoms. The van der Waals surface area contributed by atoms with Crippen LogP contribution < -0.4 is 5.32 Å². The molecule has 0 aliphatic carbocycles. The average Bonchev–Trinajstić information content (AvgIpc) is 3.04. The minimum absolute atomic E-state index is 0.454. The van der Waals surface area contributed by atoms with Crippen LogP contribution in [0.2, 0.25) is 0 Å². The van der Waals surface area contributed by atoms with Crippen LogP contribution in [0.4, 0.5) is 0 Å². The Balaban J connectivity index is 1.97. The van der Waals surface area contributed by atoms with E-state index in [1.165, 1.54) is 11.3 Å². The molecule has 1 N–H and O–H groups in total. The molecule has 0 bridgehead atoms. The van der Waals surface area contributed by atoms with Gasteiger partial charge >= 0.3 is 0 Å². The van der Waals surface area contributed by atoms with E-state index < -0.39 is 0 Å². The van der Waals surface area contributed by atoms with Crippen molar-refractivity contribution in [3.8, 4) is 0 Å². The van der Waals surface area contributed by atoms with E-state index in [-0.39, 0.29) is 0 Å². The quantitative estimate of drug-likeness (QED) is 0.811. The van der Waals surface area contributed by atoms with Gasteiger partial charge in [-0.05, 0) is 57.4 Å². The van der Waals surface area contributed by atoms with Gasteiger partial charge in [0.25, 0.3) is 0 Å². The first-order chi connectivity index (χ1) is 10.1. The van der Waals surface area contributed by atoms with Gasteiger partial charge < -0.3 is 9.73 Å². The van der Waals surface area contributed by atoms with Gasteiger partial charge in [-0.1, -0.05) is 6.92 Å². The van der Waals surface area contributed by atoms with E-state index >= 15 is 0 Å². The third-order valence-corrected chi connectivity index (χ3v) is 4.11. The first-order valence-corrected chi connectivity index (χ1v) is 7.86. The van der Waals surface area contributed by atoms with Gasteiger partial charge in [0, 0.05) is 25.2 Å². The lowest BCUT2D eigenvalue weighted by Crippen LogP contribution is -2.32. The molecule has 0 aliphatic rings. The molecule has 1 unspecified atom stereocenters. The Labute approximate surface area is 127 Å². The molecule has 4 heteroatoms. The second kappa shape index (κ2) is 7.46. The normalized spacial score (nSPS) is 12.8. The Bertz CT molecular complexity index is 543. The van der Waals surface area contributed by atoms with Crippen molar-refractivity contribution in [3.63, 3.8) is 0 Å². The minimum Gasteiger partial charge on any atom is -0.469 e. The standard InChI is InChI=1S/C17H27N3O/c1-5-10-18-15(12-16-7-6-11-21-16)8-9-17-13(2)19-20(4)14(17)3/h6-7,11,15,18H,5,8-10,12H2,1-4H3. The summed E-state index contributed by atoms with van der Waals surface area (Å²) in [5, 5.41) is 8.14. The third kappa shape index (κ3) is 4.21. The molecule has 0 fully saturated rings. The van der Waals surface area contributed by atoms with E-state index in [1.807, 2.05) is 17.8 Å². The summed E-state index contributed by atoms with van der Waals surface area (Å²) in [6.45, 7) is 7.50. The number of aromatic nitrogens is 2. The van der Waals surface area contributed by atoms with Crippen LogP contribution in [0.25, 0.3) is 0 Å². The number of aryl methyl sites for hydroxylation is 2. The van der Waals surface area contributed by atoms with Crippen molar-refractivity contribution in [2.45, 2.75) is 52.5 Å². The summed E-state index contributed by atoms with van der Waals surface area (Å²) in [6, 6.07) is 4.47. The van der Waals surface area contributed by atoms with Gasteiger partial charge in [0.1, 0.15) is 5.76 Å². The number of hydrogen-bond acceptors (Lipinski definition) is 3. The maximum Gasteiger partial charge on any atom is 0.105 e. The van der Waals surface area contributed by atoms with Gasteiger partial charge in [0.15, 0.2) is 0 Å². The number of furan rings is 1. The second-order valence-corrected chi connectivity index (χ2v) is 5.75. The monoisotopic (exact) mass is 289 g/mol. The van der Waals surface area contributed by atoms with E-state index in [0.29, 0.717) is 6.04 Å². The highest BCUT2D eigenvalue weighted by atomic mass is 16.3. The van der Waals surface area contributed by atoms with Crippen molar-refractivity contribution in [2.24, 2.45) is 7.05 Å². The van der Waals surface area contributed by atoms with E-state index in [2.05, 4.69) is 37.3 Å². The molecule has 0 aromatic carbocycles. The molecular weight excluding hydrogens is 262 g/mol. The zero-order valence-electron chi connectivity index (χ0n) is 13.6. The van der Waals surface area contributed by atoms with E-state index in [4.69, 9.17) is 4.42 Å². The Hall–Kier alpha value is -1.55. The Morgan fingerprint density at radius 2 is 2.19 bits per heavy atom. The third-order valence-electron chi connectivity index (χ3n) is 4.11. The summed E-state index contributed by atoms with van der Waals surface area (Å²) in [6.07, 6.45) is 6.02. The highest BCUT2D eigenvalue weighted by Gasteiger charge is 2.14. The van der Waals surface area contributed by atoms with Gasteiger partial charge in [-0.25, -0.2) is 0 Å². The lowest BCUT2D eigenvalue weighted by Gasteiger charge is -2.17.